The molecule has 1 spiro atoms. The molecule has 0 aromatic carbocycles. The lowest BCUT2D eigenvalue weighted by Crippen LogP contribution is -2.62. The van der Waals surface area contributed by atoms with Crippen molar-refractivity contribution >= 4 is 0 Å². The van der Waals surface area contributed by atoms with Crippen molar-refractivity contribution in [3.63, 3.8) is 0 Å². The van der Waals surface area contributed by atoms with E-state index in [-0.39, 0.29) is 18.8 Å². The van der Waals surface area contributed by atoms with Crippen molar-refractivity contribution in [2.75, 3.05) is 6.61 Å². The van der Waals surface area contributed by atoms with Gasteiger partial charge in [-0.25, -0.2) is 0 Å². The summed E-state index contributed by atoms with van der Waals surface area (Å²) in [5, 5.41) is 87.4. The van der Waals surface area contributed by atoms with Gasteiger partial charge in [-0.2, -0.15) is 0 Å². The molecule has 10 nitrogen and oxygen atoms in total. The third-order valence-corrected chi connectivity index (χ3v) is 10.7. The Labute approximate surface area is 211 Å². The molecule has 0 aromatic rings. The fourth-order valence-electron chi connectivity index (χ4n) is 8.62. The topological polar surface area (TPSA) is 180 Å². The monoisotopic (exact) mass is 514 g/mol. The first-order valence-electron chi connectivity index (χ1n) is 13.0. The van der Waals surface area contributed by atoms with E-state index < -0.39 is 83.1 Å². The summed E-state index contributed by atoms with van der Waals surface area (Å²) < 4.78 is 11.6. The first-order valence-corrected chi connectivity index (χ1v) is 13.0. The van der Waals surface area contributed by atoms with E-state index in [1.165, 1.54) is 0 Å². The number of allylic oxidation sites excluding steroid dienone is 1. The van der Waals surface area contributed by atoms with Crippen molar-refractivity contribution in [2.45, 2.75) is 120 Å². The predicted molar refractivity (Wildman–Crippen MR) is 125 cm³/mol. The molecule has 36 heavy (non-hydrogen) atoms. The van der Waals surface area contributed by atoms with Crippen LogP contribution in [0.15, 0.2) is 11.6 Å². The first kappa shape index (κ1) is 26.9. The molecule has 206 valence electrons. The lowest BCUT2D eigenvalue weighted by molar-refractivity contribution is -0.321. The maximum Gasteiger partial charge on any atom is 0.186 e. The molecule has 0 radical (unpaired) electrons. The normalized spacial score (nSPS) is 58.1. The minimum Gasteiger partial charge on any atom is -0.394 e. The van der Waals surface area contributed by atoms with E-state index in [0.717, 1.165) is 5.57 Å². The molecule has 0 amide bonds. The standard InChI is InChI=1S/C26H42O10/c1-22(2)17(36-21-20(31)19(30)18(29)13(10-27)35-21)7-15-24(4,33)14-6-5-12-8-25(14,11-23(12,3)32)9-16(28)26(15,22)34/h6,12-13,15-21,27-34H,5,7-11H2,1-4H3. The average molecular weight is 515 g/mol. The van der Waals surface area contributed by atoms with E-state index in [2.05, 4.69) is 0 Å². The fourth-order valence-corrected chi connectivity index (χ4v) is 8.62. The highest BCUT2D eigenvalue weighted by Crippen LogP contribution is 2.68. The number of ether oxygens (including phenoxy) is 2. The van der Waals surface area contributed by atoms with Crippen LogP contribution in [-0.2, 0) is 9.47 Å². The van der Waals surface area contributed by atoms with Crippen LogP contribution in [0.2, 0.25) is 0 Å². The highest BCUT2D eigenvalue weighted by Gasteiger charge is 2.73. The highest BCUT2D eigenvalue weighted by atomic mass is 16.7. The van der Waals surface area contributed by atoms with Crippen LogP contribution in [0.4, 0.5) is 0 Å². The molecular weight excluding hydrogens is 472 g/mol. The zero-order chi connectivity index (χ0) is 26.6. The maximum absolute atomic E-state index is 12.3. The van der Waals surface area contributed by atoms with Gasteiger partial charge in [0.25, 0.3) is 0 Å². The van der Waals surface area contributed by atoms with Gasteiger partial charge in [0.05, 0.1) is 30.0 Å². The van der Waals surface area contributed by atoms with Crippen molar-refractivity contribution in [2.24, 2.45) is 22.7 Å². The molecule has 0 aromatic heterocycles. The predicted octanol–water partition coefficient (Wildman–Crippen LogP) is -1.06. The summed E-state index contributed by atoms with van der Waals surface area (Å²) in [5.74, 6) is -0.815. The van der Waals surface area contributed by atoms with Crippen molar-refractivity contribution in [3.8, 4) is 0 Å². The Kier molecular flexibility index (Phi) is 6.11. The van der Waals surface area contributed by atoms with Gasteiger partial charge in [0.15, 0.2) is 6.29 Å². The molecule has 3 saturated carbocycles. The van der Waals surface area contributed by atoms with Crippen molar-refractivity contribution in [1.82, 2.24) is 0 Å². The van der Waals surface area contributed by atoms with Gasteiger partial charge in [0.1, 0.15) is 30.0 Å². The second-order valence-corrected chi connectivity index (χ2v) is 13.1. The summed E-state index contributed by atoms with van der Waals surface area (Å²) in [4.78, 5) is 0. The Bertz CT molecular complexity index is 914. The summed E-state index contributed by atoms with van der Waals surface area (Å²) in [7, 11) is 0. The summed E-state index contributed by atoms with van der Waals surface area (Å²) in [6.45, 7) is 6.33. The van der Waals surface area contributed by atoms with E-state index in [1.54, 1.807) is 27.7 Å². The van der Waals surface area contributed by atoms with Gasteiger partial charge in [-0.3, -0.25) is 0 Å². The minimum absolute atomic E-state index is 0.0205. The Morgan fingerprint density at radius 3 is 2.28 bits per heavy atom. The lowest BCUT2D eigenvalue weighted by atomic mass is 9.64. The Morgan fingerprint density at radius 2 is 1.64 bits per heavy atom. The molecule has 10 heteroatoms. The summed E-state index contributed by atoms with van der Waals surface area (Å²) in [5.41, 5.74) is -5.24. The van der Waals surface area contributed by atoms with Crippen LogP contribution in [0, 0.1) is 22.7 Å². The van der Waals surface area contributed by atoms with Crippen molar-refractivity contribution < 1.29 is 50.3 Å². The number of fused-ring (bicyclic) bond motifs is 2. The van der Waals surface area contributed by atoms with Crippen LogP contribution < -0.4 is 0 Å². The largest absolute Gasteiger partial charge is 0.394 e. The van der Waals surface area contributed by atoms with Crippen LogP contribution in [0.25, 0.3) is 0 Å². The Morgan fingerprint density at radius 1 is 0.972 bits per heavy atom. The molecule has 5 aliphatic rings. The molecular formula is C26H42O10. The van der Waals surface area contributed by atoms with Crippen LogP contribution in [0.5, 0.6) is 0 Å². The number of aliphatic hydroxyl groups is 8. The average Bonchev–Trinajstić information content (AvgIpc) is 3.09. The number of aliphatic hydroxyl groups excluding tert-OH is 5. The molecule has 1 heterocycles. The van der Waals surface area contributed by atoms with Crippen molar-refractivity contribution in [1.29, 1.82) is 0 Å². The van der Waals surface area contributed by atoms with Crippen LogP contribution in [0.1, 0.15) is 59.8 Å². The fraction of sp³-hybridized carbons (Fsp3) is 0.923. The van der Waals surface area contributed by atoms with E-state index in [1.807, 2.05) is 6.08 Å². The van der Waals surface area contributed by atoms with Crippen LogP contribution in [0.3, 0.4) is 0 Å². The molecule has 5 rings (SSSR count). The third-order valence-electron chi connectivity index (χ3n) is 10.7. The van der Waals surface area contributed by atoms with Gasteiger partial charge >= 0.3 is 0 Å². The SMILES string of the molecule is CC1(O)CC23CC1CC=C2C(C)(O)C1CC(OC2OC(CO)C(O)C(O)C2O)C(C)(C)C1(O)C(O)C3. The quantitative estimate of drug-likeness (QED) is 0.216. The summed E-state index contributed by atoms with van der Waals surface area (Å²) in [6, 6.07) is 0. The van der Waals surface area contributed by atoms with Crippen molar-refractivity contribution in [3.05, 3.63) is 11.6 Å². The zero-order valence-corrected chi connectivity index (χ0v) is 21.4. The van der Waals surface area contributed by atoms with Gasteiger partial charge < -0.3 is 50.3 Å². The molecule has 8 N–H and O–H groups in total. The van der Waals surface area contributed by atoms with E-state index in [4.69, 9.17) is 9.47 Å². The zero-order valence-electron chi connectivity index (χ0n) is 21.4. The summed E-state index contributed by atoms with van der Waals surface area (Å²) in [6.07, 6.45) is -5.40. The highest BCUT2D eigenvalue weighted by molar-refractivity contribution is 5.38. The smallest absolute Gasteiger partial charge is 0.186 e. The summed E-state index contributed by atoms with van der Waals surface area (Å²) >= 11 is 0. The van der Waals surface area contributed by atoms with Crippen LogP contribution in [-0.4, -0.2) is 107 Å². The molecule has 4 fully saturated rings. The minimum atomic E-state index is -1.79. The Balaban J connectivity index is 1.49. The molecule has 4 aliphatic carbocycles. The molecule has 2 bridgehead atoms. The Hall–Kier alpha value is -0.660. The third kappa shape index (κ3) is 3.40. The first-order chi connectivity index (χ1) is 16.5. The van der Waals surface area contributed by atoms with Gasteiger partial charge in [-0.1, -0.05) is 19.9 Å². The van der Waals surface area contributed by atoms with Crippen LogP contribution >= 0.6 is 0 Å². The molecule has 13 unspecified atom stereocenters. The van der Waals surface area contributed by atoms with E-state index in [0.29, 0.717) is 19.3 Å². The van der Waals surface area contributed by atoms with Gasteiger partial charge in [-0.05, 0) is 62.9 Å². The van der Waals surface area contributed by atoms with Gasteiger partial charge in [0.2, 0.25) is 0 Å². The van der Waals surface area contributed by atoms with Gasteiger partial charge in [-0.15, -0.1) is 0 Å². The number of hydrogen-bond acceptors (Lipinski definition) is 10. The molecule has 1 saturated heterocycles. The molecule has 1 aliphatic heterocycles. The second kappa shape index (κ2) is 8.17. The molecule has 13 atom stereocenters. The lowest BCUT2D eigenvalue weighted by Gasteiger charge is -2.48. The number of hydrogen-bond donors (Lipinski definition) is 8. The van der Waals surface area contributed by atoms with Gasteiger partial charge in [0, 0.05) is 11.3 Å². The second-order valence-electron chi connectivity index (χ2n) is 13.1. The van der Waals surface area contributed by atoms with E-state index >= 15 is 0 Å². The van der Waals surface area contributed by atoms with E-state index in [9.17, 15) is 40.9 Å². The maximum atomic E-state index is 12.3. The number of rotatable bonds is 3.